The van der Waals surface area contributed by atoms with E-state index in [-0.39, 0.29) is 19.0 Å². The second-order valence-electron chi connectivity index (χ2n) is 4.46. The minimum Gasteiger partial charge on any atom is -0.503 e. The van der Waals surface area contributed by atoms with Crippen molar-refractivity contribution >= 4 is 65.7 Å². The number of phenols is 2. The zero-order chi connectivity index (χ0) is 18.8. The molecule has 0 aliphatic carbocycles. The van der Waals surface area contributed by atoms with Crippen LogP contribution in [0.25, 0.3) is 0 Å². The van der Waals surface area contributed by atoms with E-state index in [1.807, 2.05) is 0 Å². The zero-order valence-electron chi connectivity index (χ0n) is 11.5. The lowest BCUT2D eigenvalue weighted by molar-refractivity contribution is -0.144. The quantitative estimate of drug-likeness (QED) is 0.213. The molecule has 0 radical (unpaired) electrons. The molecular formula is C13H9Br3O8. The molecule has 1 aromatic rings. The third kappa shape index (κ3) is 4.28. The average Bonchev–Trinajstić information content (AvgIpc) is 2.48. The Kier molecular flexibility index (Phi) is 6.81. The zero-order valence-corrected chi connectivity index (χ0v) is 16.2. The Bertz CT molecular complexity index is 727. The summed E-state index contributed by atoms with van der Waals surface area (Å²) in [5.74, 6) is -7.66. The van der Waals surface area contributed by atoms with Crippen molar-refractivity contribution in [1.82, 2.24) is 0 Å². The van der Waals surface area contributed by atoms with Gasteiger partial charge in [0, 0.05) is 10.5 Å². The maximum absolute atomic E-state index is 11.4. The monoisotopic (exact) mass is 530 g/mol. The molecule has 8 nitrogen and oxygen atoms in total. The third-order valence-electron chi connectivity index (χ3n) is 2.97. The summed E-state index contributed by atoms with van der Waals surface area (Å²) in [5.41, 5.74) is -0.709. The van der Waals surface area contributed by atoms with Crippen LogP contribution in [-0.4, -0.2) is 43.4 Å². The summed E-state index contributed by atoms with van der Waals surface area (Å²) >= 11 is 9.10. The molecule has 0 amide bonds. The molecule has 0 saturated carbocycles. The first-order valence-electron chi connectivity index (χ1n) is 5.96. The van der Waals surface area contributed by atoms with Gasteiger partial charge in [-0.1, -0.05) is 0 Å². The van der Waals surface area contributed by atoms with Gasteiger partial charge >= 0.3 is 17.9 Å². The van der Waals surface area contributed by atoms with Crippen LogP contribution in [0.1, 0.15) is 5.56 Å². The largest absolute Gasteiger partial charge is 0.503 e. The Morgan fingerprint density at radius 2 is 1.42 bits per heavy atom. The highest BCUT2D eigenvalue weighted by atomic mass is 79.9. The lowest BCUT2D eigenvalue weighted by Crippen LogP contribution is -2.25. The number of carboxylic acids is 3. The van der Waals surface area contributed by atoms with E-state index in [0.717, 1.165) is 0 Å². The summed E-state index contributed by atoms with van der Waals surface area (Å²) in [6.07, 6.45) is -0.160. The lowest BCUT2D eigenvalue weighted by Gasteiger charge is -2.17. The Labute approximate surface area is 159 Å². The molecule has 0 spiro atoms. The van der Waals surface area contributed by atoms with Crippen LogP contribution in [0.15, 0.2) is 25.1 Å². The third-order valence-corrected chi connectivity index (χ3v) is 6.00. The number of carbonyl (C=O) groups is 3. The van der Waals surface area contributed by atoms with E-state index in [1.54, 1.807) is 0 Å². The molecule has 1 aromatic carbocycles. The Morgan fingerprint density at radius 3 is 1.83 bits per heavy atom. The first-order valence-corrected chi connectivity index (χ1v) is 8.34. The number of phenolic OH excluding ortho intramolecular Hbond substituents is 2. The minimum atomic E-state index is -1.71. The fraction of sp³-hybridized carbons (Fsp3) is 0.154. The van der Waals surface area contributed by atoms with Crippen LogP contribution in [0.5, 0.6) is 11.5 Å². The molecule has 1 atom stereocenters. The van der Waals surface area contributed by atoms with E-state index < -0.39 is 47.3 Å². The summed E-state index contributed by atoms with van der Waals surface area (Å²) in [6.45, 7) is 0. The fourth-order valence-electron chi connectivity index (χ4n) is 1.84. The first-order chi connectivity index (χ1) is 11.0. The van der Waals surface area contributed by atoms with Crippen molar-refractivity contribution in [2.45, 2.75) is 6.42 Å². The van der Waals surface area contributed by atoms with Gasteiger partial charge in [-0.15, -0.1) is 0 Å². The van der Waals surface area contributed by atoms with Gasteiger partial charge in [0.15, 0.2) is 11.5 Å². The van der Waals surface area contributed by atoms with Gasteiger partial charge in [-0.25, -0.2) is 9.59 Å². The fourth-order valence-corrected chi connectivity index (χ4v) is 3.63. The summed E-state index contributed by atoms with van der Waals surface area (Å²) < 4.78 is 0.152. The van der Waals surface area contributed by atoms with Crippen molar-refractivity contribution in [2.75, 3.05) is 0 Å². The second-order valence-corrected chi connectivity index (χ2v) is 6.83. The van der Waals surface area contributed by atoms with Crippen LogP contribution < -0.4 is 0 Å². The van der Waals surface area contributed by atoms with Crippen molar-refractivity contribution in [3.8, 4) is 11.5 Å². The molecule has 1 rings (SSSR count). The van der Waals surface area contributed by atoms with E-state index in [4.69, 9.17) is 10.2 Å². The van der Waals surface area contributed by atoms with Crippen molar-refractivity contribution < 1.29 is 39.9 Å². The number of aromatic hydroxyl groups is 2. The molecule has 0 unspecified atom stereocenters. The van der Waals surface area contributed by atoms with Gasteiger partial charge in [0.05, 0.1) is 20.4 Å². The van der Waals surface area contributed by atoms with Gasteiger partial charge < -0.3 is 25.5 Å². The summed E-state index contributed by atoms with van der Waals surface area (Å²) in [4.78, 5) is 33.4. The molecule has 0 fully saturated rings. The van der Waals surface area contributed by atoms with Crippen LogP contribution in [0.3, 0.4) is 0 Å². The van der Waals surface area contributed by atoms with Crippen molar-refractivity contribution in [3.05, 3.63) is 30.6 Å². The van der Waals surface area contributed by atoms with Crippen LogP contribution in [0.2, 0.25) is 0 Å². The smallest absolute Gasteiger partial charge is 0.332 e. The molecule has 11 heteroatoms. The van der Waals surface area contributed by atoms with Crippen molar-refractivity contribution in [2.24, 2.45) is 5.92 Å². The number of hydrogen-bond acceptors (Lipinski definition) is 5. The molecule has 0 aliphatic rings. The first kappa shape index (κ1) is 20.5. The van der Waals surface area contributed by atoms with Gasteiger partial charge in [0.25, 0.3) is 0 Å². The number of hydrogen-bond donors (Lipinski definition) is 5. The SMILES string of the molecule is O=C(O)C=C(C(=O)O)[C@@H](Cc1c(Br)c(O)c(O)c(Br)c1Br)C(=O)O. The molecule has 0 aliphatic heterocycles. The van der Waals surface area contributed by atoms with Crippen LogP contribution >= 0.6 is 47.8 Å². The molecule has 0 aromatic heterocycles. The predicted octanol–water partition coefficient (Wildman–Crippen LogP) is 2.72. The van der Waals surface area contributed by atoms with Gasteiger partial charge in [0.2, 0.25) is 0 Å². The normalized spacial score (nSPS) is 12.7. The highest BCUT2D eigenvalue weighted by Gasteiger charge is 2.31. The maximum atomic E-state index is 11.4. The number of carboxylic acid groups (broad SMARTS) is 3. The summed E-state index contributed by atoms with van der Waals surface area (Å²) in [7, 11) is 0. The van der Waals surface area contributed by atoms with Crippen molar-refractivity contribution in [3.63, 3.8) is 0 Å². The standard InChI is InChI=1S/C13H9Br3O8/c14-7-5(8(15)10(19)11(20)9(7)16)1-3(12(21)22)4(13(23)24)2-6(17)18/h2-3,19-20H,1H2,(H,17,18)(H,21,22)(H,23,24)/t3-/m1/s1. The molecule has 5 N–H and O–H groups in total. The molecule has 0 bridgehead atoms. The Hall–Kier alpha value is -1.59. The van der Waals surface area contributed by atoms with Gasteiger partial charge in [-0.05, 0) is 59.8 Å². The highest BCUT2D eigenvalue weighted by molar-refractivity contribution is 9.13. The van der Waals surface area contributed by atoms with E-state index in [1.165, 1.54) is 0 Å². The summed E-state index contributed by atoms with van der Waals surface area (Å²) in [6, 6.07) is 0. The van der Waals surface area contributed by atoms with Crippen LogP contribution in [0.4, 0.5) is 0 Å². The topological polar surface area (TPSA) is 152 Å². The number of halogens is 3. The predicted molar refractivity (Wildman–Crippen MR) is 91.1 cm³/mol. The van der Waals surface area contributed by atoms with Gasteiger partial charge in [-0.3, -0.25) is 4.79 Å². The van der Waals surface area contributed by atoms with Gasteiger partial charge in [0.1, 0.15) is 0 Å². The molecule has 130 valence electrons. The Balaban J connectivity index is 3.51. The molecule has 0 saturated heterocycles. The van der Waals surface area contributed by atoms with E-state index in [2.05, 4.69) is 47.8 Å². The maximum Gasteiger partial charge on any atom is 0.332 e. The number of rotatable bonds is 6. The number of benzene rings is 1. The Morgan fingerprint density at radius 1 is 0.917 bits per heavy atom. The molecule has 0 heterocycles. The summed E-state index contributed by atoms with van der Waals surface area (Å²) in [5, 5.41) is 46.6. The highest BCUT2D eigenvalue weighted by Crippen LogP contribution is 2.47. The van der Waals surface area contributed by atoms with E-state index in [9.17, 15) is 29.7 Å². The van der Waals surface area contributed by atoms with Gasteiger partial charge in [-0.2, -0.15) is 0 Å². The van der Waals surface area contributed by atoms with Crippen LogP contribution in [-0.2, 0) is 20.8 Å². The van der Waals surface area contributed by atoms with Crippen LogP contribution in [0, 0.1) is 5.92 Å². The van der Waals surface area contributed by atoms with E-state index in [0.29, 0.717) is 6.08 Å². The average molecular weight is 533 g/mol. The lowest BCUT2D eigenvalue weighted by atomic mass is 9.91. The van der Waals surface area contributed by atoms with Crippen molar-refractivity contribution in [1.29, 1.82) is 0 Å². The second kappa shape index (κ2) is 7.99. The van der Waals surface area contributed by atoms with E-state index >= 15 is 0 Å². The molecular weight excluding hydrogens is 524 g/mol. The molecule has 24 heavy (non-hydrogen) atoms. The number of aliphatic carboxylic acids is 3. The minimum absolute atomic E-state index is 0.0291.